The summed E-state index contributed by atoms with van der Waals surface area (Å²) >= 11 is 1.20. The number of halogens is 1. The zero-order valence-corrected chi connectivity index (χ0v) is 9.43. The van der Waals surface area contributed by atoms with Crippen molar-refractivity contribution in [1.29, 1.82) is 0 Å². The smallest absolute Gasteiger partial charge is 0.230 e. The fraction of sp³-hybridized carbons (Fsp3) is 0.364. The van der Waals surface area contributed by atoms with Crippen molar-refractivity contribution < 1.29 is 13.9 Å². The lowest BCUT2D eigenvalue weighted by atomic mass is 10.2. The summed E-state index contributed by atoms with van der Waals surface area (Å²) in [5, 5.41) is 2.80. The van der Waals surface area contributed by atoms with Crippen LogP contribution >= 0.6 is 11.8 Å². The van der Waals surface area contributed by atoms with Gasteiger partial charge in [0.1, 0.15) is 5.82 Å². The fourth-order valence-electron chi connectivity index (χ4n) is 1.29. The molecule has 0 bridgehead atoms. The summed E-state index contributed by atoms with van der Waals surface area (Å²) in [7, 11) is 0. The highest BCUT2D eigenvalue weighted by Gasteiger charge is 2.20. The third-order valence-corrected chi connectivity index (χ3v) is 3.25. The van der Waals surface area contributed by atoms with Crippen LogP contribution in [0.25, 0.3) is 0 Å². The minimum atomic E-state index is -0.285. The standard InChI is InChI=1S/C11H12FNO2S/c12-9-3-1-2-4-10(9)16-7-11(14)13-8-5-15-6-8/h1-4,8H,5-7H2,(H,13,14). The average molecular weight is 241 g/mol. The molecule has 16 heavy (non-hydrogen) atoms. The second-order valence-electron chi connectivity index (χ2n) is 3.52. The topological polar surface area (TPSA) is 38.3 Å². The highest BCUT2D eigenvalue weighted by Crippen LogP contribution is 2.20. The maximum Gasteiger partial charge on any atom is 0.230 e. The normalized spacial score (nSPS) is 15.6. The molecule has 0 atom stereocenters. The van der Waals surface area contributed by atoms with Crippen molar-refractivity contribution in [2.75, 3.05) is 19.0 Å². The van der Waals surface area contributed by atoms with Crippen LogP contribution in [0.15, 0.2) is 29.2 Å². The average Bonchev–Trinajstić information content (AvgIpc) is 2.22. The van der Waals surface area contributed by atoms with Crippen molar-refractivity contribution in [2.45, 2.75) is 10.9 Å². The molecular formula is C11H12FNO2S. The number of carbonyl (C=O) groups is 1. The number of ether oxygens (including phenoxy) is 1. The molecule has 86 valence electrons. The van der Waals surface area contributed by atoms with Gasteiger partial charge in [0, 0.05) is 4.90 Å². The molecule has 1 aromatic rings. The van der Waals surface area contributed by atoms with Crippen molar-refractivity contribution in [1.82, 2.24) is 5.32 Å². The number of hydrogen-bond donors (Lipinski definition) is 1. The maximum absolute atomic E-state index is 13.2. The molecule has 1 saturated heterocycles. The van der Waals surface area contributed by atoms with Crippen molar-refractivity contribution in [3.63, 3.8) is 0 Å². The van der Waals surface area contributed by atoms with E-state index >= 15 is 0 Å². The fourth-order valence-corrected chi connectivity index (χ4v) is 2.04. The second-order valence-corrected chi connectivity index (χ2v) is 4.54. The lowest BCUT2D eigenvalue weighted by molar-refractivity contribution is -0.122. The molecule has 1 heterocycles. The van der Waals surface area contributed by atoms with Gasteiger partial charge in [0.2, 0.25) is 5.91 Å². The van der Waals surface area contributed by atoms with Crippen LogP contribution < -0.4 is 5.32 Å². The van der Waals surface area contributed by atoms with E-state index in [1.807, 2.05) is 0 Å². The Balaban J connectivity index is 1.78. The number of thioether (sulfide) groups is 1. The highest BCUT2D eigenvalue weighted by atomic mass is 32.2. The third kappa shape index (κ3) is 2.96. The van der Waals surface area contributed by atoms with Crippen molar-refractivity contribution in [3.05, 3.63) is 30.1 Å². The van der Waals surface area contributed by atoms with Crippen molar-refractivity contribution >= 4 is 17.7 Å². The molecule has 5 heteroatoms. The predicted molar refractivity (Wildman–Crippen MR) is 59.9 cm³/mol. The van der Waals surface area contributed by atoms with Crippen LogP contribution in [-0.2, 0) is 9.53 Å². The van der Waals surface area contributed by atoms with Crippen LogP contribution in [0, 0.1) is 5.82 Å². The first-order valence-electron chi connectivity index (χ1n) is 5.00. The number of nitrogens with one attached hydrogen (secondary N) is 1. The monoisotopic (exact) mass is 241 g/mol. The van der Waals surface area contributed by atoms with E-state index in [9.17, 15) is 9.18 Å². The molecular weight excluding hydrogens is 229 g/mol. The van der Waals surface area contributed by atoms with E-state index < -0.39 is 0 Å². The van der Waals surface area contributed by atoms with Crippen LogP contribution in [0.4, 0.5) is 4.39 Å². The zero-order chi connectivity index (χ0) is 11.4. The van der Waals surface area contributed by atoms with E-state index in [4.69, 9.17) is 4.74 Å². The lowest BCUT2D eigenvalue weighted by Gasteiger charge is -2.26. The summed E-state index contributed by atoms with van der Waals surface area (Å²) < 4.78 is 18.1. The van der Waals surface area contributed by atoms with Crippen molar-refractivity contribution in [3.8, 4) is 0 Å². The first kappa shape index (κ1) is 11.4. The Morgan fingerprint density at radius 3 is 2.88 bits per heavy atom. The van der Waals surface area contributed by atoms with Gasteiger partial charge >= 0.3 is 0 Å². The Bertz CT molecular complexity index is 382. The van der Waals surface area contributed by atoms with E-state index in [0.717, 1.165) is 0 Å². The lowest BCUT2D eigenvalue weighted by Crippen LogP contribution is -2.49. The summed E-state index contributed by atoms with van der Waals surface area (Å²) in [6.07, 6.45) is 0. The first-order chi connectivity index (χ1) is 7.75. The van der Waals surface area contributed by atoms with Gasteiger partial charge in [0.05, 0.1) is 25.0 Å². The molecule has 1 aliphatic rings. The molecule has 0 aromatic heterocycles. The summed E-state index contributed by atoms with van der Waals surface area (Å²) in [5.74, 6) is -0.133. The summed E-state index contributed by atoms with van der Waals surface area (Å²) in [5.41, 5.74) is 0. The Kier molecular flexibility index (Phi) is 3.79. The SMILES string of the molecule is O=C(CSc1ccccc1F)NC1COC1. The first-order valence-corrected chi connectivity index (χ1v) is 5.98. The van der Waals surface area contributed by atoms with Gasteiger partial charge in [-0.1, -0.05) is 12.1 Å². The van der Waals surface area contributed by atoms with Gasteiger partial charge in [-0.15, -0.1) is 11.8 Å². The van der Waals surface area contributed by atoms with Gasteiger partial charge in [-0.05, 0) is 12.1 Å². The van der Waals surface area contributed by atoms with Crippen LogP contribution in [0.2, 0.25) is 0 Å². The largest absolute Gasteiger partial charge is 0.377 e. The van der Waals surface area contributed by atoms with E-state index in [2.05, 4.69) is 5.32 Å². The minimum Gasteiger partial charge on any atom is -0.377 e. The Morgan fingerprint density at radius 2 is 2.25 bits per heavy atom. The van der Waals surface area contributed by atoms with Gasteiger partial charge in [-0.2, -0.15) is 0 Å². The van der Waals surface area contributed by atoms with Gasteiger partial charge in [0.15, 0.2) is 0 Å². The molecule has 2 rings (SSSR count). The third-order valence-electron chi connectivity index (χ3n) is 2.20. The van der Waals surface area contributed by atoms with Crippen LogP contribution in [0.3, 0.4) is 0 Å². The molecule has 1 N–H and O–H groups in total. The van der Waals surface area contributed by atoms with Crippen LogP contribution in [0.5, 0.6) is 0 Å². The quantitative estimate of drug-likeness (QED) is 0.810. The van der Waals surface area contributed by atoms with E-state index in [-0.39, 0.29) is 23.5 Å². The summed E-state index contributed by atoms with van der Waals surface area (Å²) in [6, 6.07) is 6.57. The molecule has 0 spiro atoms. The molecule has 0 unspecified atom stereocenters. The summed E-state index contributed by atoms with van der Waals surface area (Å²) in [6.45, 7) is 1.16. The molecule has 1 aliphatic heterocycles. The van der Waals surface area contributed by atoms with Crippen LogP contribution in [-0.4, -0.2) is 30.9 Å². The molecule has 0 aliphatic carbocycles. The van der Waals surface area contributed by atoms with E-state index in [0.29, 0.717) is 18.1 Å². The Labute approximate surface area is 97.4 Å². The number of rotatable bonds is 4. The molecule has 0 radical (unpaired) electrons. The van der Waals surface area contributed by atoms with Gasteiger partial charge in [-0.3, -0.25) is 4.79 Å². The zero-order valence-electron chi connectivity index (χ0n) is 8.61. The summed E-state index contributed by atoms with van der Waals surface area (Å²) in [4.78, 5) is 11.9. The van der Waals surface area contributed by atoms with Gasteiger partial charge in [-0.25, -0.2) is 4.39 Å². The number of carbonyl (C=O) groups excluding carboxylic acids is 1. The molecule has 0 saturated carbocycles. The van der Waals surface area contributed by atoms with Crippen molar-refractivity contribution in [2.24, 2.45) is 0 Å². The molecule has 1 fully saturated rings. The second kappa shape index (κ2) is 5.32. The predicted octanol–water partition coefficient (Wildman–Crippen LogP) is 1.43. The molecule has 3 nitrogen and oxygen atoms in total. The van der Waals surface area contributed by atoms with Gasteiger partial charge in [0.25, 0.3) is 0 Å². The Hall–Kier alpha value is -1.07. The Morgan fingerprint density at radius 1 is 1.50 bits per heavy atom. The van der Waals surface area contributed by atoms with Crippen LogP contribution in [0.1, 0.15) is 0 Å². The number of benzene rings is 1. The maximum atomic E-state index is 13.2. The minimum absolute atomic E-state index is 0.0819. The molecule has 1 aromatic carbocycles. The van der Waals surface area contributed by atoms with Gasteiger partial charge < -0.3 is 10.1 Å². The molecule has 1 amide bonds. The van der Waals surface area contributed by atoms with E-state index in [1.165, 1.54) is 17.8 Å². The highest BCUT2D eigenvalue weighted by molar-refractivity contribution is 8.00. The van der Waals surface area contributed by atoms with E-state index in [1.54, 1.807) is 18.2 Å². The number of hydrogen-bond acceptors (Lipinski definition) is 3. The number of amides is 1.